The maximum Gasteiger partial charge on any atom is 0.330 e. The van der Waals surface area contributed by atoms with E-state index in [1.54, 1.807) is 44.2 Å². The van der Waals surface area contributed by atoms with Gasteiger partial charge in [0.15, 0.2) is 0 Å². The molecule has 0 unspecified atom stereocenters. The van der Waals surface area contributed by atoms with Gasteiger partial charge in [-0.3, -0.25) is 0 Å². The molecular formula is C14H16O3. The first-order chi connectivity index (χ1) is 8.13. The van der Waals surface area contributed by atoms with Crippen molar-refractivity contribution in [3.8, 4) is 5.75 Å². The molecule has 1 N–H and O–H groups in total. The fourth-order valence-electron chi connectivity index (χ4n) is 1.27. The fourth-order valence-corrected chi connectivity index (χ4v) is 1.27. The topological polar surface area (TPSA) is 46.5 Å². The lowest BCUT2D eigenvalue weighted by Gasteiger charge is -1.98. The highest BCUT2D eigenvalue weighted by Crippen LogP contribution is 2.17. The van der Waals surface area contributed by atoms with Gasteiger partial charge in [-0.15, -0.1) is 0 Å². The zero-order valence-electron chi connectivity index (χ0n) is 10.0. The Hall–Kier alpha value is -2.03. The lowest BCUT2D eigenvalue weighted by atomic mass is 10.1. The van der Waals surface area contributed by atoms with E-state index in [1.807, 2.05) is 6.07 Å². The van der Waals surface area contributed by atoms with E-state index in [1.165, 1.54) is 6.08 Å². The van der Waals surface area contributed by atoms with Crippen LogP contribution >= 0.6 is 0 Å². The summed E-state index contributed by atoms with van der Waals surface area (Å²) in [4.78, 5) is 11.1. The third kappa shape index (κ3) is 4.55. The molecule has 0 spiro atoms. The molecule has 3 heteroatoms. The summed E-state index contributed by atoms with van der Waals surface area (Å²) in [5.41, 5.74) is 1.48. The number of carbonyl (C=O) groups is 1. The average molecular weight is 232 g/mol. The van der Waals surface area contributed by atoms with Crippen LogP contribution in [0.3, 0.4) is 0 Å². The molecule has 0 aliphatic rings. The van der Waals surface area contributed by atoms with Crippen molar-refractivity contribution in [1.82, 2.24) is 0 Å². The third-order valence-electron chi connectivity index (χ3n) is 2.09. The van der Waals surface area contributed by atoms with Crippen LogP contribution in [0.4, 0.5) is 0 Å². The Bertz CT molecular complexity index is 445. The number of rotatable bonds is 4. The normalized spacial score (nSPS) is 11.8. The highest BCUT2D eigenvalue weighted by Gasteiger charge is 1.96. The molecule has 17 heavy (non-hydrogen) atoms. The molecule has 0 atom stereocenters. The Labute approximate surface area is 101 Å². The Balaban J connectivity index is 2.71. The van der Waals surface area contributed by atoms with E-state index in [-0.39, 0.29) is 11.7 Å². The second-order valence-electron chi connectivity index (χ2n) is 3.53. The van der Waals surface area contributed by atoms with E-state index in [0.717, 1.165) is 5.57 Å². The summed E-state index contributed by atoms with van der Waals surface area (Å²) in [6.07, 6.45) is 4.92. The summed E-state index contributed by atoms with van der Waals surface area (Å²) in [7, 11) is 0. The van der Waals surface area contributed by atoms with E-state index in [9.17, 15) is 9.90 Å². The van der Waals surface area contributed by atoms with E-state index in [4.69, 9.17) is 4.74 Å². The first-order valence-corrected chi connectivity index (χ1v) is 5.44. The molecular weight excluding hydrogens is 216 g/mol. The van der Waals surface area contributed by atoms with Crippen molar-refractivity contribution in [3.63, 3.8) is 0 Å². The molecule has 0 aliphatic carbocycles. The second-order valence-corrected chi connectivity index (χ2v) is 3.53. The van der Waals surface area contributed by atoms with Gasteiger partial charge in [-0.1, -0.05) is 30.4 Å². The maximum atomic E-state index is 11.1. The number of hydrogen-bond donors (Lipinski definition) is 1. The molecule has 90 valence electrons. The van der Waals surface area contributed by atoms with Crippen molar-refractivity contribution in [1.29, 1.82) is 0 Å². The van der Waals surface area contributed by atoms with Gasteiger partial charge in [0, 0.05) is 11.6 Å². The number of phenolic OH excluding ortho intramolecular Hbond substituents is 1. The van der Waals surface area contributed by atoms with Crippen LogP contribution in [0.5, 0.6) is 5.75 Å². The Kier molecular flexibility index (Phi) is 5.01. The molecule has 0 saturated carbocycles. The van der Waals surface area contributed by atoms with E-state index in [0.29, 0.717) is 12.2 Å². The van der Waals surface area contributed by atoms with Gasteiger partial charge in [-0.25, -0.2) is 4.79 Å². The molecule has 0 aromatic heterocycles. The van der Waals surface area contributed by atoms with Crippen molar-refractivity contribution < 1.29 is 14.6 Å². The van der Waals surface area contributed by atoms with Crippen LogP contribution < -0.4 is 0 Å². The van der Waals surface area contributed by atoms with Crippen LogP contribution in [0.15, 0.2) is 42.0 Å². The predicted molar refractivity (Wildman–Crippen MR) is 67.5 cm³/mol. The molecule has 1 aromatic rings. The Morgan fingerprint density at radius 3 is 2.76 bits per heavy atom. The highest BCUT2D eigenvalue weighted by molar-refractivity contribution is 5.83. The number of para-hydroxylation sites is 1. The van der Waals surface area contributed by atoms with Crippen molar-refractivity contribution in [2.24, 2.45) is 0 Å². The predicted octanol–water partition coefficient (Wildman–Crippen LogP) is 2.91. The summed E-state index contributed by atoms with van der Waals surface area (Å²) in [6.45, 7) is 3.93. The molecule has 0 saturated heterocycles. The van der Waals surface area contributed by atoms with Gasteiger partial charge in [0.2, 0.25) is 0 Å². The maximum absolute atomic E-state index is 11.1. The van der Waals surface area contributed by atoms with E-state index < -0.39 is 0 Å². The lowest BCUT2D eigenvalue weighted by molar-refractivity contribution is -0.137. The van der Waals surface area contributed by atoms with Gasteiger partial charge < -0.3 is 9.84 Å². The minimum absolute atomic E-state index is 0.215. The second kappa shape index (κ2) is 6.53. The van der Waals surface area contributed by atoms with Crippen LogP contribution in [0.1, 0.15) is 19.4 Å². The zero-order valence-corrected chi connectivity index (χ0v) is 10.0. The number of benzene rings is 1. The standard InChI is InChI=1S/C14H16O3/c1-3-17-14(16)10-11(2)8-9-12-6-4-5-7-13(12)15/h4-10,15H,3H2,1-2H3/b9-8+,11-10+. The van der Waals surface area contributed by atoms with Crippen LogP contribution in [0, 0.1) is 0 Å². The van der Waals surface area contributed by atoms with Crippen LogP contribution in [-0.4, -0.2) is 17.7 Å². The summed E-state index contributed by atoms with van der Waals surface area (Å²) in [5.74, 6) is -0.139. The number of phenols is 1. The van der Waals surface area contributed by atoms with E-state index >= 15 is 0 Å². The molecule has 0 amide bonds. The highest BCUT2D eigenvalue weighted by atomic mass is 16.5. The van der Waals surface area contributed by atoms with Gasteiger partial charge in [0.25, 0.3) is 0 Å². The summed E-state index contributed by atoms with van der Waals surface area (Å²) >= 11 is 0. The van der Waals surface area contributed by atoms with Crippen LogP contribution in [0.25, 0.3) is 6.08 Å². The number of ether oxygens (including phenoxy) is 1. The minimum atomic E-state index is -0.355. The third-order valence-corrected chi connectivity index (χ3v) is 2.09. The molecule has 0 aliphatic heterocycles. The van der Waals surface area contributed by atoms with Crippen LogP contribution in [0.2, 0.25) is 0 Å². The Morgan fingerprint density at radius 2 is 2.12 bits per heavy atom. The van der Waals surface area contributed by atoms with Crippen LogP contribution in [-0.2, 0) is 9.53 Å². The molecule has 0 heterocycles. The fraction of sp³-hybridized carbons (Fsp3) is 0.214. The molecule has 1 rings (SSSR count). The summed E-state index contributed by atoms with van der Waals surface area (Å²) in [6, 6.07) is 7.01. The van der Waals surface area contributed by atoms with Gasteiger partial charge >= 0.3 is 5.97 Å². The number of aromatic hydroxyl groups is 1. The monoisotopic (exact) mass is 232 g/mol. The number of hydrogen-bond acceptors (Lipinski definition) is 3. The summed E-state index contributed by atoms with van der Waals surface area (Å²) < 4.78 is 4.79. The molecule has 3 nitrogen and oxygen atoms in total. The van der Waals surface area contributed by atoms with Crippen molar-refractivity contribution in [2.75, 3.05) is 6.61 Å². The number of carbonyl (C=O) groups excluding carboxylic acids is 1. The molecule has 0 fully saturated rings. The Morgan fingerprint density at radius 1 is 1.41 bits per heavy atom. The lowest BCUT2D eigenvalue weighted by Crippen LogP contribution is -1.99. The SMILES string of the molecule is CCOC(=O)/C=C(C)/C=C/c1ccccc1O. The van der Waals surface area contributed by atoms with E-state index in [2.05, 4.69) is 0 Å². The van der Waals surface area contributed by atoms with Gasteiger partial charge in [-0.05, 0) is 25.5 Å². The summed E-state index contributed by atoms with van der Waals surface area (Å²) in [5, 5.41) is 9.53. The number of allylic oxidation sites excluding steroid dienone is 2. The molecule has 1 aromatic carbocycles. The largest absolute Gasteiger partial charge is 0.507 e. The van der Waals surface area contributed by atoms with Gasteiger partial charge in [0.1, 0.15) is 5.75 Å². The molecule has 0 bridgehead atoms. The first kappa shape index (κ1) is 13.0. The van der Waals surface area contributed by atoms with Gasteiger partial charge in [-0.2, -0.15) is 0 Å². The number of esters is 1. The van der Waals surface area contributed by atoms with Crippen molar-refractivity contribution >= 4 is 12.0 Å². The first-order valence-electron chi connectivity index (χ1n) is 5.44. The van der Waals surface area contributed by atoms with Crippen molar-refractivity contribution in [2.45, 2.75) is 13.8 Å². The quantitative estimate of drug-likeness (QED) is 0.493. The minimum Gasteiger partial charge on any atom is -0.507 e. The van der Waals surface area contributed by atoms with Crippen molar-refractivity contribution in [3.05, 3.63) is 47.6 Å². The van der Waals surface area contributed by atoms with Gasteiger partial charge in [0.05, 0.1) is 6.61 Å². The molecule has 0 radical (unpaired) electrons. The average Bonchev–Trinajstić information content (AvgIpc) is 2.28. The smallest absolute Gasteiger partial charge is 0.330 e. The zero-order chi connectivity index (χ0) is 12.7.